The maximum atomic E-state index is 12.4. The standard InChI is InChI=1S/C21H24N4O3S/c26-19(7-4-13-28-18-5-2-1-3-6-18)24-10-8-23(9-11-24)16-17-15-20(27)25-12-14-29-21(25)22-17/h1-3,5-6,12,14-15H,4,7-11,13,16H2. The molecule has 1 saturated heterocycles. The Morgan fingerprint density at radius 1 is 1.14 bits per heavy atom. The van der Waals surface area contributed by atoms with Crippen LogP contribution in [0.5, 0.6) is 5.75 Å². The Hall–Kier alpha value is -2.71. The van der Waals surface area contributed by atoms with E-state index in [1.54, 1.807) is 16.7 Å². The summed E-state index contributed by atoms with van der Waals surface area (Å²) in [6.45, 7) is 4.17. The molecule has 7 nitrogen and oxygen atoms in total. The maximum absolute atomic E-state index is 12.4. The van der Waals surface area contributed by atoms with Crippen molar-refractivity contribution in [3.05, 3.63) is 64.0 Å². The van der Waals surface area contributed by atoms with E-state index in [-0.39, 0.29) is 11.5 Å². The summed E-state index contributed by atoms with van der Waals surface area (Å²) in [6.07, 6.45) is 2.96. The third kappa shape index (κ3) is 5.02. The van der Waals surface area contributed by atoms with Crippen molar-refractivity contribution in [2.75, 3.05) is 32.8 Å². The lowest BCUT2D eigenvalue weighted by molar-refractivity contribution is -0.133. The number of carbonyl (C=O) groups excluding carboxylic acids is 1. The molecule has 1 aliphatic rings. The van der Waals surface area contributed by atoms with Gasteiger partial charge in [-0.2, -0.15) is 0 Å². The van der Waals surface area contributed by atoms with Gasteiger partial charge in [0.2, 0.25) is 5.91 Å². The Kier molecular flexibility index (Phi) is 6.21. The largest absolute Gasteiger partial charge is 0.494 e. The summed E-state index contributed by atoms with van der Waals surface area (Å²) in [5.74, 6) is 1.01. The molecule has 1 fully saturated rings. The van der Waals surface area contributed by atoms with Crippen LogP contribution in [0.25, 0.3) is 4.96 Å². The molecule has 0 saturated carbocycles. The number of amides is 1. The van der Waals surface area contributed by atoms with Crippen LogP contribution in [0.2, 0.25) is 0 Å². The Labute approximate surface area is 173 Å². The fourth-order valence-electron chi connectivity index (χ4n) is 3.44. The maximum Gasteiger partial charge on any atom is 0.258 e. The number of benzene rings is 1. The molecule has 0 N–H and O–H groups in total. The molecule has 0 atom stereocenters. The van der Waals surface area contributed by atoms with E-state index in [0.29, 0.717) is 39.1 Å². The van der Waals surface area contributed by atoms with Crippen molar-refractivity contribution in [3.63, 3.8) is 0 Å². The molecule has 0 unspecified atom stereocenters. The Bertz CT molecular complexity index is 1010. The van der Waals surface area contributed by atoms with E-state index in [9.17, 15) is 9.59 Å². The molecule has 3 heterocycles. The van der Waals surface area contributed by atoms with Crippen LogP contribution in [0.4, 0.5) is 0 Å². The van der Waals surface area contributed by atoms with Gasteiger partial charge in [0.05, 0.1) is 12.3 Å². The SMILES string of the molecule is O=C(CCCOc1ccccc1)N1CCN(Cc2cc(=O)n3ccsc3n2)CC1. The highest BCUT2D eigenvalue weighted by Gasteiger charge is 2.21. The highest BCUT2D eigenvalue weighted by Crippen LogP contribution is 2.12. The lowest BCUT2D eigenvalue weighted by Gasteiger charge is -2.34. The summed E-state index contributed by atoms with van der Waals surface area (Å²) in [5.41, 5.74) is 0.744. The third-order valence-corrected chi connectivity index (χ3v) is 5.77. The molecule has 8 heteroatoms. The topological polar surface area (TPSA) is 67.2 Å². The second-order valence-corrected chi connectivity index (χ2v) is 7.94. The molecule has 1 amide bonds. The molecule has 29 heavy (non-hydrogen) atoms. The molecule has 1 aromatic carbocycles. The van der Waals surface area contributed by atoms with Crippen LogP contribution < -0.4 is 10.3 Å². The monoisotopic (exact) mass is 412 g/mol. The van der Waals surface area contributed by atoms with Gasteiger partial charge in [-0.1, -0.05) is 18.2 Å². The van der Waals surface area contributed by atoms with Gasteiger partial charge in [-0.05, 0) is 18.6 Å². The van der Waals surface area contributed by atoms with Crippen molar-refractivity contribution in [1.29, 1.82) is 0 Å². The molecule has 3 aromatic rings. The summed E-state index contributed by atoms with van der Waals surface area (Å²) >= 11 is 1.46. The molecule has 152 valence electrons. The second kappa shape index (κ2) is 9.19. The third-order valence-electron chi connectivity index (χ3n) is 5.01. The molecular weight excluding hydrogens is 388 g/mol. The van der Waals surface area contributed by atoms with Crippen molar-refractivity contribution >= 4 is 22.2 Å². The smallest absolute Gasteiger partial charge is 0.258 e. The van der Waals surface area contributed by atoms with Crippen LogP contribution in [0, 0.1) is 0 Å². The minimum absolute atomic E-state index is 0.0437. The van der Waals surface area contributed by atoms with Crippen molar-refractivity contribution < 1.29 is 9.53 Å². The number of aromatic nitrogens is 2. The quantitative estimate of drug-likeness (QED) is 0.557. The van der Waals surface area contributed by atoms with Crippen LogP contribution in [0.1, 0.15) is 18.5 Å². The van der Waals surface area contributed by atoms with E-state index in [4.69, 9.17) is 4.74 Å². The van der Waals surface area contributed by atoms with Gasteiger partial charge in [0.15, 0.2) is 4.96 Å². The van der Waals surface area contributed by atoms with Crippen LogP contribution in [-0.4, -0.2) is 57.9 Å². The van der Waals surface area contributed by atoms with Crippen LogP contribution in [0.3, 0.4) is 0 Å². The zero-order valence-electron chi connectivity index (χ0n) is 16.2. The van der Waals surface area contributed by atoms with E-state index < -0.39 is 0 Å². The van der Waals surface area contributed by atoms with Gasteiger partial charge >= 0.3 is 0 Å². The van der Waals surface area contributed by atoms with E-state index in [1.807, 2.05) is 40.6 Å². The molecule has 0 bridgehead atoms. The first-order valence-electron chi connectivity index (χ1n) is 9.83. The Morgan fingerprint density at radius 2 is 1.93 bits per heavy atom. The first-order valence-corrected chi connectivity index (χ1v) is 10.7. The van der Waals surface area contributed by atoms with Crippen molar-refractivity contribution in [2.24, 2.45) is 0 Å². The lowest BCUT2D eigenvalue weighted by Crippen LogP contribution is -2.48. The highest BCUT2D eigenvalue weighted by atomic mass is 32.1. The summed E-state index contributed by atoms with van der Waals surface area (Å²) < 4.78 is 7.21. The summed E-state index contributed by atoms with van der Waals surface area (Å²) in [5, 5.41) is 1.86. The molecule has 4 rings (SSSR count). The first kappa shape index (κ1) is 19.6. The lowest BCUT2D eigenvalue weighted by atomic mass is 10.2. The minimum atomic E-state index is -0.0437. The molecule has 1 aliphatic heterocycles. The van der Waals surface area contributed by atoms with Crippen molar-refractivity contribution in [3.8, 4) is 5.75 Å². The van der Waals surface area contributed by atoms with Crippen LogP contribution in [-0.2, 0) is 11.3 Å². The van der Waals surface area contributed by atoms with Gasteiger partial charge in [-0.15, -0.1) is 11.3 Å². The van der Waals surface area contributed by atoms with E-state index in [1.165, 1.54) is 11.3 Å². The normalized spacial score (nSPS) is 15.0. The summed E-state index contributed by atoms with van der Waals surface area (Å²) in [7, 11) is 0. The van der Waals surface area contributed by atoms with Crippen molar-refractivity contribution in [1.82, 2.24) is 19.2 Å². The van der Waals surface area contributed by atoms with Gasteiger partial charge in [0.1, 0.15) is 5.75 Å². The van der Waals surface area contributed by atoms with Crippen LogP contribution in [0.15, 0.2) is 52.8 Å². The second-order valence-electron chi connectivity index (χ2n) is 7.06. The van der Waals surface area contributed by atoms with Gasteiger partial charge in [-0.3, -0.25) is 18.9 Å². The average molecular weight is 413 g/mol. The van der Waals surface area contributed by atoms with Crippen molar-refractivity contribution in [2.45, 2.75) is 19.4 Å². The zero-order valence-corrected chi connectivity index (χ0v) is 17.0. The van der Waals surface area contributed by atoms with Gasteiger partial charge in [-0.25, -0.2) is 4.98 Å². The number of nitrogens with zero attached hydrogens (tertiary/aromatic N) is 4. The number of thiazole rings is 1. The number of fused-ring (bicyclic) bond motifs is 1. The number of hydrogen-bond donors (Lipinski definition) is 0. The number of piperazine rings is 1. The molecule has 2 aromatic heterocycles. The zero-order chi connectivity index (χ0) is 20.1. The number of carbonyl (C=O) groups is 1. The van der Waals surface area contributed by atoms with E-state index in [0.717, 1.165) is 29.5 Å². The Morgan fingerprint density at radius 3 is 2.72 bits per heavy atom. The first-order chi connectivity index (χ1) is 14.2. The Balaban J connectivity index is 1.20. The van der Waals surface area contributed by atoms with Gasteiger partial charge in [0.25, 0.3) is 5.56 Å². The predicted octanol–water partition coefficient (Wildman–Crippen LogP) is 2.26. The summed E-state index contributed by atoms with van der Waals surface area (Å²) in [6, 6.07) is 11.3. The molecule has 0 aliphatic carbocycles. The fraction of sp³-hybridized carbons (Fsp3) is 0.381. The number of para-hydroxylation sites is 1. The van der Waals surface area contributed by atoms with E-state index >= 15 is 0 Å². The minimum Gasteiger partial charge on any atom is -0.494 e. The summed E-state index contributed by atoms with van der Waals surface area (Å²) in [4.78, 5) is 34.0. The predicted molar refractivity (Wildman–Crippen MR) is 112 cm³/mol. The molecular formula is C21H24N4O3S. The number of rotatable bonds is 7. The van der Waals surface area contributed by atoms with Crippen LogP contribution >= 0.6 is 11.3 Å². The number of hydrogen-bond acceptors (Lipinski definition) is 6. The highest BCUT2D eigenvalue weighted by molar-refractivity contribution is 7.15. The molecule has 0 radical (unpaired) electrons. The average Bonchev–Trinajstić information content (AvgIpc) is 3.22. The fourth-order valence-corrected chi connectivity index (χ4v) is 4.18. The number of ether oxygens (including phenoxy) is 1. The van der Waals surface area contributed by atoms with Gasteiger partial charge < -0.3 is 9.64 Å². The van der Waals surface area contributed by atoms with Gasteiger partial charge in [0, 0.05) is 56.8 Å². The van der Waals surface area contributed by atoms with E-state index in [2.05, 4.69) is 9.88 Å². The molecule has 0 spiro atoms.